The number of carbonyl (C=O) groups is 1. The first-order valence-electron chi connectivity index (χ1n) is 5.97. The number of pyridine rings is 1. The summed E-state index contributed by atoms with van der Waals surface area (Å²) >= 11 is -1.36. The number of hydrogen-bond donors (Lipinski definition) is 2. The van der Waals surface area contributed by atoms with Crippen LogP contribution in [-0.2, 0) is 21.7 Å². The maximum Gasteiger partial charge on any atom is 0.305 e. The van der Waals surface area contributed by atoms with Gasteiger partial charge in [-0.05, 0) is 39.3 Å². The highest BCUT2D eigenvalue weighted by Crippen LogP contribution is 2.27. The van der Waals surface area contributed by atoms with Gasteiger partial charge in [0.2, 0.25) is 0 Å². The fourth-order valence-electron chi connectivity index (χ4n) is 1.55. The molecule has 0 saturated heterocycles. The van der Waals surface area contributed by atoms with Gasteiger partial charge in [0.25, 0.3) is 0 Å². The Hall–Kier alpha value is -1.11. The summed E-state index contributed by atoms with van der Waals surface area (Å²) in [6, 6.07) is 3.51. The lowest BCUT2D eigenvalue weighted by Crippen LogP contribution is -2.50. The fourth-order valence-corrected chi connectivity index (χ4v) is 2.45. The van der Waals surface area contributed by atoms with Crippen molar-refractivity contribution in [1.82, 2.24) is 9.71 Å². The molecule has 106 valence electrons. The first-order valence-corrected chi connectivity index (χ1v) is 7.12. The second kappa shape index (κ2) is 5.90. The van der Waals surface area contributed by atoms with E-state index in [2.05, 4.69) is 9.71 Å². The molecule has 5 nitrogen and oxygen atoms in total. The first kappa shape index (κ1) is 15.9. The zero-order valence-electron chi connectivity index (χ0n) is 11.6. The van der Waals surface area contributed by atoms with E-state index >= 15 is 0 Å². The topological polar surface area (TPSA) is 85.3 Å². The molecule has 0 saturated carbocycles. The molecule has 1 aromatic heterocycles. The van der Waals surface area contributed by atoms with Crippen molar-refractivity contribution >= 4 is 17.3 Å². The van der Waals surface area contributed by atoms with Crippen LogP contribution in [0.2, 0.25) is 0 Å². The van der Waals surface area contributed by atoms with E-state index in [0.29, 0.717) is 5.56 Å². The molecular weight excluding hydrogens is 264 g/mol. The van der Waals surface area contributed by atoms with E-state index in [4.69, 9.17) is 5.11 Å². The average molecular weight is 284 g/mol. The quantitative estimate of drug-likeness (QED) is 0.806. The van der Waals surface area contributed by atoms with E-state index in [-0.39, 0.29) is 6.42 Å². The van der Waals surface area contributed by atoms with Crippen molar-refractivity contribution in [2.75, 3.05) is 0 Å². The molecule has 0 unspecified atom stereocenters. The third-order valence-corrected chi connectivity index (χ3v) is 4.43. The minimum absolute atomic E-state index is 0.166. The lowest BCUT2D eigenvalue weighted by molar-refractivity contribution is -0.138. The molecular formula is C13H20N2O3S. The van der Waals surface area contributed by atoms with Gasteiger partial charge in [-0.15, -0.1) is 4.72 Å². The van der Waals surface area contributed by atoms with Crippen molar-refractivity contribution in [3.05, 3.63) is 30.1 Å². The minimum atomic E-state index is -1.36. The number of aliphatic carboxylic acids is 1. The van der Waals surface area contributed by atoms with Gasteiger partial charge in [-0.2, -0.15) is 0 Å². The Bertz CT molecular complexity index is 433. The molecule has 1 aromatic rings. The number of nitrogens with zero attached hydrogens (tertiary/aromatic N) is 1. The van der Waals surface area contributed by atoms with Crippen LogP contribution in [0.25, 0.3) is 0 Å². The highest BCUT2D eigenvalue weighted by Gasteiger charge is 2.38. The number of aromatic nitrogens is 1. The Morgan fingerprint density at radius 3 is 2.53 bits per heavy atom. The normalized spacial score (nSPS) is 16.7. The van der Waals surface area contributed by atoms with E-state index in [1.54, 1.807) is 31.5 Å². The molecule has 1 heterocycles. The zero-order chi connectivity index (χ0) is 14.7. The zero-order valence-corrected chi connectivity index (χ0v) is 12.5. The maximum absolute atomic E-state index is 12.2. The van der Waals surface area contributed by atoms with Crippen LogP contribution in [0.3, 0.4) is 0 Å². The summed E-state index contributed by atoms with van der Waals surface area (Å²) < 4.78 is 14.7. The second-order valence-electron chi connectivity index (χ2n) is 5.63. The lowest BCUT2D eigenvalue weighted by atomic mass is 9.91. The van der Waals surface area contributed by atoms with Crippen molar-refractivity contribution in [1.29, 1.82) is 0 Å². The molecule has 0 aliphatic heterocycles. The van der Waals surface area contributed by atoms with Crippen LogP contribution in [0.5, 0.6) is 0 Å². The summed E-state index contributed by atoms with van der Waals surface area (Å²) in [6.07, 6.45) is 3.04. The Labute approximate surface area is 116 Å². The van der Waals surface area contributed by atoms with Crippen molar-refractivity contribution in [2.24, 2.45) is 0 Å². The molecule has 0 fully saturated rings. The Balaban J connectivity index is 3.04. The summed E-state index contributed by atoms with van der Waals surface area (Å²) in [5.41, 5.74) is -0.215. The standard InChI is InChI=1S/C13H20N2O3S/c1-12(2,3)19(18)15-13(4,8-11(16)17)10-6-5-7-14-9-10/h5-7,9,15H,8H2,1-4H3,(H,16,17)/t13-,19+/m0/s1. The van der Waals surface area contributed by atoms with Crippen molar-refractivity contribution in [3.63, 3.8) is 0 Å². The van der Waals surface area contributed by atoms with Crippen LogP contribution in [0, 0.1) is 0 Å². The highest BCUT2D eigenvalue weighted by molar-refractivity contribution is 7.90. The molecule has 0 bridgehead atoms. The van der Waals surface area contributed by atoms with Crippen LogP contribution >= 0.6 is 0 Å². The summed E-state index contributed by atoms with van der Waals surface area (Å²) in [6.45, 7) is 7.23. The molecule has 0 radical (unpaired) electrons. The van der Waals surface area contributed by atoms with E-state index in [0.717, 1.165) is 0 Å². The van der Waals surface area contributed by atoms with Crippen LogP contribution < -0.4 is 4.72 Å². The molecule has 0 spiro atoms. The van der Waals surface area contributed by atoms with E-state index in [9.17, 15) is 9.35 Å². The predicted octanol–water partition coefficient (Wildman–Crippen LogP) is 1.82. The Kier molecular flexibility index (Phi) is 4.95. The SMILES string of the molecule is CC(C)(C)[S@@+]([O-])N[C@@](C)(CC(=O)O)c1cccnc1. The third kappa shape index (κ3) is 4.49. The molecule has 0 aliphatic carbocycles. The van der Waals surface area contributed by atoms with Crippen molar-refractivity contribution in [2.45, 2.75) is 44.4 Å². The smallest absolute Gasteiger partial charge is 0.305 e. The molecule has 1 rings (SSSR count). The van der Waals surface area contributed by atoms with Gasteiger partial charge in [-0.25, -0.2) is 0 Å². The van der Waals surface area contributed by atoms with Gasteiger partial charge in [-0.3, -0.25) is 9.78 Å². The summed E-state index contributed by atoms with van der Waals surface area (Å²) in [4.78, 5) is 15.1. The molecule has 19 heavy (non-hydrogen) atoms. The van der Waals surface area contributed by atoms with Gasteiger partial charge >= 0.3 is 5.97 Å². The Morgan fingerprint density at radius 2 is 2.11 bits per heavy atom. The molecule has 2 N–H and O–H groups in total. The summed E-state index contributed by atoms with van der Waals surface area (Å²) in [7, 11) is 0. The first-order chi connectivity index (χ1) is 8.65. The number of rotatable bonds is 5. The average Bonchev–Trinajstić information content (AvgIpc) is 2.27. The van der Waals surface area contributed by atoms with Gasteiger partial charge in [0.1, 0.15) is 4.75 Å². The van der Waals surface area contributed by atoms with Crippen LogP contribution in [0.4, 0.5) is 0 Å². The largest absolute Gasteiger partial charge is 0.598 e. The van der Waals surface area contributed by atoms with Gasteiger partial charge in [0.15, 0.2) is 0 Å². The molecule has 6 heteroatoms. The van der Waals surface area contributed by atoms with Crippen LogP contribution in [0.15, 0.2) is 24.5 Å². The second-order valence-corrected chi connectivity index (χ2v) is 7.59. The number of hydrogen-bond acceptors (Lipinski definition) is 4. The molecule has 0 aliphatic rings. The van der Waals surface area contributed by atoms with Gasteiger partial charge in [-0.1, -0.05) is 6.07 Å². The number of carboxylic acid groups (broad SMARTS) is 1. The highest BCUT2D eigenvalue weighted by atomic mass is 32.2. The van der Waals surface area contributed by atoms with Crippen LogP contribution in [0.1, 0.15) is 39.7 Å². The van der Waals surface area contributed by atoms with E-state index in [1.807, 2.05) is 20.8 Å². The number of carboxylic acids is 1. The number of nitrogens with one attached hydrogen (secondary N) is 1. The summed E-state index contributed by atoms with van der Waals surface area (Å²) in [5.74, 6) is -0.954. The monoisotopic (exact) mass is 284 g/mol. The fraction of sp³-hybridized carbons (Fsp3) is 0.538. The van der Waals surface area contributed by atoms with E-state index < -0.39 is 27.6 Å². The lowest BCUT2D eigenvalue weighted by Gasteiger charge is -2.34. The van der Waals surface area contributed by atoms with Crippen molar-refractivity contribution in [3.8, 4) is 0 Å². The summed E-state index contributed by atoms with van der Waals surface area (Å²) in [5, 5.41) is 9.07. The molecule has 0 amide bonds. The minimum Gasteiger partial charge on any atom is -0.598 e. The maximum atomic E-state index is 12.2. The third-order valence-electron chi connectivity index (χ3n) is 2.68. The predicted molar refractivity (Wildman–Crippen MR) is 74.9 cm³/mol. The van der Waals surface area contributed by atoms with Gasteiger partial charge in [0.05, 0.1) is 12.0 Å². The Morgan fingerprint density at radius 1 is 1.47 bits per heavy atom. The van der Waals surface area contributed by atoms with Crippen LogP contribution in [-0.4, -0.2) is 25.4 Å². The van der Waals surface area contributed by atoms with E-state index in [1.165, 1.54) is 0 Å². The van der Waals surface area contributed by atoms with Gasteiger partial charge < -0.3 is 9.66 Å². The van der Waals surface area contributed by atoms with Gasteiger partial charge in [0, 0.05) is 23.8 Å². The molecule has 0 aromatic carbocycles. The van der Waals surface area contributed by atoms with Crippen molar-refractivity contribution < 1.29 is 14.5 Å². The molecule has 2 atom stereocenters.